The first-order valence-corrected chi connectivity index (χ1v) is 6.37. The molecule has 1 aromatic carbocycles. The van der Waals surface area contributed by atoms with Crippen LogP contribution in [0.5, 0.6) is 0 Å². The summed E-state index contributed by atoms with van der Waals surface area (Å²) in [5.74, 6) is 0.758. The highest BCUT2D eigenvalue weighted by Crippen LogP contribution is 2.24. The molecule has 1 N–H and O–H groups in total. The second-order valence-corrected chi connectivity index (χ2v) is 5.10. The molecule has 0 saturated carbocycles. The van der Waals surface area contributed by atoms with E-state index >= 15 is 0 Å². The Hall–Kier alpha value is -1.35. The van der Waals surface area contributed by atoms with E-state index in [1.54, 1.807) is 0 Å². The zero-order valence-electron chi connectivity index (χ0n) is 10.5. The summed E-state index contributed by atoms with van der Waals surface area (Å²) in [6, 6.07) is 6.49. The number of para-hydroxylation sites is 1. The molecule has 1 saturated heterocycles. The van der Waals surface area contributed by atoms with E-state index in [4.69, 9.17) is 5.10 Å². The fourth-order valence-electron chi connectivity index (χ4n) is 2.92. The van der Waals surface area contributed by atoms with E-state index in [-0.39, 0.29) is 0 Å². The fourth-order valence-corrected chi connectivity index (χ4v) is 2.92. The standard InChI is InChI=1S/C14H19N3/c1-10-4-3-5-12-13(16-17(2)14(10)12)8-11-6-7-15-9-11/h3-5,11,15H,6-9H2,1-2H3. The first kappa shape index (κ1) is 10.8. The minimum Gasteiger partial charge on any atom is -0.316 e. The Morgan fingerprint density at radius 2 is 2.35 bits per heavy atom. The molecule has 90 valence electrons. The molecule has 1 fully saturated rings. The van der Waals surface area contributed by atoms with E-state index in [0.717, 1.165) is 25.4 Å². The lowest BCUT2D eigenvalue weighted by atomic mass is 10.00. The Morgan fingerprint density at radius 3 is 3.12 bits per heavy atom. The smallest absolute Gasteiger partial charge is 0.0711 e. The van der Waals surface area contributed by atoms with Crippen LogP contribution in [0.4, 0.5) is 0 Å². The minimum absolute atomic E-state index is 0.758. The Labute approximate surface area is 102 Å². The van der Waals surface area contributed by atoms with Gasteiger partial charge in [-0.25, -0.2) is 0 Å². The van der Waals surface area contributed by atoms with Gasteiger partial charge in [-0.1, -0.05) is 18.2 Å². The number of hydrogen-bond donors (Lipinski definition) is 1. The first-order valence-electron chi connectivity index (χ1n) is 6.37. The molecule has 3 nitrogen and oxygen atoms in total. The summed E-state index contributed by atoms with van der Waals surface area (Å²) < 4.78 is 2.03. The van der Waals surface area contributed by atoms with Crippen molar-refractivity contribution in [2.75, 3.05) is 13.1 Å². The van der Waals surface area contributed by atoms with Crippen LogP contribution in [0.1, 0.15) is 17.7 Å². The molecule has 17 heavy (non-hydrogen) atoms. The normalized spacial score (nSPS) is 20.2. The summed E-state index contributed by atoms with van der Waals surface area (Å²) in [4.78, 5) is 0. The Balaban J connectivity index is 2.01. The molecule has 1 unspecified atom stereocenters. The van der Waals surface area contributed by atoms with E-state index < -0.39 is 0 Å². The summed E-state index contributed by atoms with van der Waals surface area (Å²) in [7, 11) is 2.05. The Morgan fingerprint density at radius 1 is 1.47 bits per heavy atom. The van der Waals surface area contributed by atoms with Gasteiger partial charge in [-0.05, 0) is 44.3 Å². The van der Waals surface area contributed by atoms with Gasteiger partial charge in [-0.2, -0.15) is 5.10 Å². The van der Waals surface area contributed by atoms with Gasteiger partial charge in [0.2, 0.25) is 0 Å². The van der Waals surface area contributed by atoms with Gasteiger partial charge in [0.15, 0.2) is 0 Å². The maximum Gasteiger partial charge on any atom is 0.0711 e. The van der Waals surface area contributed by atoms with Crippen LogP contribution >= 0.6 is 0 Å². The molecular weight excluding hydrogens is 210 g/mol. The molecule has 2 aromatic rings. The van der Waals surface area contributed by atoms with Gasteiger partial charge in [0.25, 0.3) is 0 Å². The van der Waals surface area contributed by atoms with E-state index in [1.165, 1.54) is 28.6 Å². The zero-order chi connectivity index (χ0) is 11.8. The summed E-state index contributed by atoms with van der Waals surface area (Å²) >= 11 is 0. The molecule has 3 rings (SSSR count). The molecule has 0 radical (unpaired) electrons. The summed E-state index contributed by atoms with van der Waals surface area (Å²) in [5.41, 5.74) is 3.86. The number of aryl methyl sites for hydroxylation is 2. The van der Waals surface area contributed by atoms with Crippen molar-refractivity contribution in [1.29, 1.82) is 0 Å². The van der Waals surface area contributed by atoms with Crippen molar-refractivity contribution in [2.45, 2.75) is 19.8 Å². The average molecular weight is 229 g/mol. The number of nitrogens with one attached hydrogen (secondary N) is 1. The highest BCUT2D eigenvalue weighted by atomic mass is 15.3. The average Bonchev–Trinajstić information content (AvgIpc) is 2.90. The second-order valence-electron chi connectivity index (χ2n) is 5.10. The van der Waals surface area contributed by atoms with Gasteiger partial charge in [-0.3, -0.25) is 4.68 Å². The molecule has 0 bridgehead atoms. The molecule has 1 atom stereocenters. The number of hydrogen-bond acceptors (Lipinski definition) is 2. The summed E-state index contributed by atoms with van der Waals surface area (Å²) in [6.45, 7) is 4.46. The maximum atomic E-state index is 4.70. The van der Waals surface area contributed by atoms with Crippen LogP contribution in [0.3, 0.4) is 0 Å². The van der Waals surface area contributed by atoms with Crippen molar-refractivity contribution >= 4 is 10.9 Å². The van der Waals surface area contributed by atoms with Crippen LogP contribution in [-0.4, -0.2) is 22.9 Å². The van der Waals surface area contributed by atoms with Crippen LogP contribution in [0.2, 0.25) is 0 Å². The predicted molar refractivity (Wildman–Crippen MR) is 70.1 cm³/mol. The molecule has 0 amide bonds. The highest BCUT2D eigenvalue weighted by Gasteiger charge is 2.18. The molecule has 2 heterocycles. The van der Waals surface area contributed by atoms with Gasteiger partial charge < -0.3 is 5.32 Å². The SMILES string of the molecule is Cc1cccc2c(CC3CCNC3)nn(C)c12. The van der Waals surface area contributed by atoms with Gasteiger partial charge in [0.05, 0.1) is 11.2 Å². The number of fused-ring (bicyclic) bond motifs is 1. The van der Waals surface area contributed by atoms with Gasteiger partial charge in [-0.15, -0.1) is 0 Å². The van der Waals surface area contributed by atoms with Crippen LogP contribution < -0.4 is 5.32 Å². The van der Waals surface area contributed by atoms with Gasteiger partial charge >= 0.3 is 0 Å². The number of aromatic nitrogens is 2. The maximum absolute atomic E-state index is 4.70. The number of benzene rings is 1. The lowest BCUT2D eigenvalue weighted by Crippen LogP contribution is -2.11. The molecular formula is C14H19N3. The van der Waals surface area contributed by atoms with E-state index in [2.05, 4.69) is 30.4 Å². The molecule has 3 heteroatoms. The summed E-state index contributed by atoms with van der Waals surface area (Å²) in [5, 5.41) is 9.46. The third kappa shape index (κ3) is 1.84. The molecule has 0 aliphatic carbocycles. The van der Waals surface area contributed by atoms with Crippen LogP contribution in [0.15, 0.2) is 18.2 Å². The Bertz CT molecular complexity index is 536. The lowest BCUT2D eigenvalue weighted by Gasteiger charge is -2.05. The minimum atomic E-state index is 0.758. The number of rotatable bonds is 2. The first-order chi connectivity index (χ1) is 8.25. The summed E-state index contributed by atoms with van der Waals surface area (Å²) in [6.07, 6.45) is 2.39. The van der Waals surface area contributed by atoms with Crippen LogP contribution in [0, 0.1) is 12.8 Å². The third-order valence-electron chi connectivity index (χ3n) is 3.79. The number of nitrogens with zero attached hydrogens (tertiary/aromatic N) is 2. The van der Waals surface area contributed by atoms with E-state index in [1.807, 2.05) is 11.7 Å². The highest BCUT2D eigenvalue weighted by molar-refractivity contribution is 5.84. The monoisotopic (exact) mass is 229 g/mol. The Kier molecular flexibility index (Phi) is 2.63. The zero-order valence-corrected chi connectivity index (χ0v) is 10.5. The second kappa shape index (κ2) is 4.15. The lowest BCUT2D eigenvalue weighted by molar-refractivity contribution is 0.567. The van der Waals surface area contributed by atoms with E-state index in [0.29, 0.717) is 0 Å². The van der Waals surface area contributed by atoms with Crippen molar-refractivity contribution in [3.63, 3.8) is 0 Å². The molecule has 1 aliphatic rings. The largest absolute Gasteiger partial charge is 0.316 e. The predicted octanol–water partition coefficient (Wildman–Crippen LogP) is 2.03. The van der Waals surface area contributed by atoms with Crippen molar-refractivity contribution in [3.05, 3.63) is 29.5 Å². The van der Waals surface area contributed by atoms with E-state index in [9.17, 15) is 0 Å². The van der Waals surface area contributed by atoms with Gasteiger partial charge in [0.1, 0.15) is 0 Å². The van der Waals surface area contributed by atoms with Crippen LogP contribution in [0.25, 0.3) is 10.9 Å². The van der Waals surface area contributed by atoms with Gasteiger partial charge in [0, 0.05) is 12.4 Å². The fraction of sp³-hybridized carbons (Fsp3) is 0.500. The van der Waals surface area contributed by atoms with Crippen molar-refractivity contribution in [1.82, 2.24) is 15.1 Å². The van der Waals surface area contributed by atoms with Crippen molar-refractivity contribution < 1.29 is 0 Å². The van der Waals surface area contributed by atoms with Crippen molar-refractivity contribution in [3.8, 4) is 0 Å². The quantitative estimate of drug-likeness (QED) is 0.854. The molecule has 1 aromatic heterocycles. The van der Waals surface area contributed by atoms with Crippen molar-refractivity contribution in [2.24, 2.45) is 13.0 Å². The third-order valence-corrected chi connectivity index (χ3v) is 3.79. The molecule has 0 spiro atoms. The molecule has 1 aliphatic heterocycles. The topological polar surface area (TPSA) is 29.9 Å². The van der Waals surface area contributed by atoms with Crippen LogP contribution in [-0.2, 0) is 13.5 Å².